The topological polar surface area (TPSA) is 72.6 Å². The summed E-state index contributed by atoms with van der Waals surface area (Å²) in [7, 11) is 0. The van der Waals surface area contributed by atoms with E-state index in [4.69, 9.17) is 22.7 Å². The molecule has 6 heteroatoms. The van der Waals surface area contributed by atoms with E-state index in [2.05, 4.69) is 0 Å². The number of rotatable bonds is 3. The summed E-state index contributed by atoms with van der Waals surface area (Å²) in [5, 5.41) is 0. The molecule has 2 aromatic carbocycles. The summed E-state index contributed by atoms with van der Waals surface area (Å²) in [6, 6.07) is 15.2. The molecule has 2 aromatic rings. The number of likely N-dealkylation sites (tertiary alicyclic amines) is 1. The molecule has 0 radical (unpaired) electrons. The summed E-state index contributed by atoms with van der Waals surface area (Å²) >= 11 is 5.01. The van der Waals surface area contributed by atoms with Gasteiger partial charge in [0, 0.05) is 24.1 Å². The predicted molar refractivity (Wildman–Crippen MR) is 108 cm³/mol. The zero-order chi connectivity index (χ0) is 19.5. The normalized spacial score (nSPS) is 24.1. The third-order valence-corrected chi connectivity index (χ3v) is 6.56. The van der Waals surface area contributed by atoms with Crippen molar-refractivity contribution in [1.29, 1.82) is 0 Å². The smallest absolute Gasteiger partial charge is 0.339 e. The average molecular weight is 392 g/mol. The van der Waals surface area contributed by atoms with Crippen LogP contribution in [0.4, 0.5) is 0 Å². The largest absolute Gasteiger partial charge is 0.449 e. The molecule has 3 aliphatic rings. The maximum Gasteiger partial charge on any atom is 0.339 e. The van der Waals surface area contributed by atoms with Gasteiger partial charge in [-0.05, 0) is 24.5 Å². The van der Waals surface area contributed by atoms with Crippen molar-refractivity contribution in [2.24, 2.45) is 5.73 Å². The van der Waals surface area contributed by atoms with Gasteiger partial charge in [0.1, 0.15) is 4.99 Å². The third kappa shape index (κ3) is 2.41. The first-order valence-corrected chi connectivity index (χ1v) is 9.89. The summed E-state index contributed by atoms with van der Waals surface area (Å²) < 4.78 is 5.78. The quantitative estimate of drug-likeness (QED) is 0.642. The SMILES string of the molecule is NC(=S)c1ccc(C2(C(=O)N3CC[C@@]4(C3)OC(=O)c3ccccc34)CC2)cc1. The minimum atomic E-state index is -0.699. The Kier molecular flexibility index (Phi) is 3.65. The molecule has 5 nitrogen and oxygen atoms in total. The Morgan fingerprint density at radius 3 is 2.46 bits per heavy atom. The summed E-state index contributed by atoms with van der Waals surface area (Å²) in [6.07, 6.45) is 2.30. The molecule has 1 atom stereocenters. The monoisotopic (exact) mass is 392 g/mol. The van der Waals surface area contributed by atoms with E-state index < -0.39 is 11.0 Å². The van der Waals surface area contributed by atoms with Gasteiger partial charge in [0.15, 0.2) is 5.60 Å². The number of nitrogens with zero attached hydrogens (tertiary/aromatic N) is 1. The van der Waals surface area contributed by atoms with Crippen molar-refractivity contribution in [2.75, 3.05) is 13.1 Å². The second-order valence-corrected chi connectivity index (χ2v) is 8.37. The van der Waals surface area contributed by atoms with Gasteiger partial charge >= 0.3 is 5.97 Å². The number of fused-ring (bicyclic) bond motifs is 2. The number of carbonyl (C=O) groups is 2. The van der Waals surface area contributed by atoms with E-state index in [9.17, 15) is 9.59 Å². The number of benzene rings is 2. The molecule has 1 saturated carbocycles. The van der Waals surface area contributed by atoms with Gasteiger partial charge in [-0.3, -0.25) is 4.79 Å². The summed E-state index contributed by atoms with van der Waals surface area (Å²) in [4.78, 5) is 27.9. The molecule has 0 bridgehead atoms. The molecule has 0 aromatic heterocycles. The van der Waals surface area contributed by atoms with Crippen molar-refractivity contribution >= 4 is 29.1 Å². The molecule has 28 heavy (non-hydrogen) atoms. The highest BCUT2D eigenvalue weighted by Crippen LogP contribution is 2.52. The maximum atomic E-state index is 13.4. The highest BCUT2D eigenvalue weighted by Gasteiger charge is 2.57. The molecule has 0 unspecified atom stereocenters. The Balaban J connectivity index is 1.40. The van der Waals surface area contributed by atoms with Gasteiger partial charge in [-0.15, -0.1) is 0 Å². The van der Waals surface area contributed by atoms with E-state index in [1.165, 1.54) is 0 Å². The molecule has 1 amide bonds. The van der Waals surface area contributed by atoms with Gasteiger partial charge in [0.25, 0.3) is 0 Å². The molecule has 1 saturated heterocycles. The van der Waals surface area contributed by atoms with Crippen LogP contribution in [0.5, 0.6) is 0 Å². The van der Waals surface area contributed by atoms with Crippen molar-refractivity contribution in [2.45, 2.75) is 30.3 Å². The van der Waals surface area contributed by atoms with Gasteiger partial charge in [-0.25, -0.2) is 4.79 Å². The number of ether oxygens (including phenoxy) is 1. The summed E-state index contributed by atoms with van der Waals surface area (Å²) in [5.74, 6) is -0.174. The first kappa shape index (κ1) is 17.4. The fraction of sp³-hybridized carbons (Fsp3) is 0.318. The number of esters is 1. The fourth-order valence-corrected chi connectivity index (χ4v) is 4.75. The van der Waals surface area contributed by atoms with Crippen LogP contribution in [-0.2, 0) is 20.5 Å². The van der Waals surface area contributed by atoms with Crippen molar-refractivity contribution in [3.8, 4) is 0 Å². The number of thiocarbonyl (C=S) groups is 1. The van der Waals surface area contributed by atoms with E-state index in [-0.39, 0.29) is 11.9 Å². The van der Waals surface area contributed by atoms with Crippen LogP contribution in [0, 0.1) is 0 Å². The molecular weight excluding hydrogens is 372 g/mol. The highest BCUT2D eigenvalue weighted by molar-refractivity contribution is 7.80. The van der Waals surface area contributed by atoms with E-state index in [0.29, 0.717) is 30.1 Å². The highest BCUT2D eigenvalue weighted by atomic mass is 32.1. The lowest BCUT2D eigenvalue weighted by Gasteiger charge is -2.27. The number of carbonyl (C=O) groups excluding carboxylic acids is 2. The molecule has 2 heterocycles. The summed E-state index contributed by atoms with van der Waals surface area (Å²) in [6.45, 7) is 1.01. The van der Waals surface area contributed by atoms with Crippen molar-refractivity contribution in [1.82, 2.24) is 4.90 Å². The molecule has 1 spiro atoms. The second kappa shape index (κ2) is 5.88. The van der Waals surface area contributed by atoms with Crippen LogP contribution in [0.3, 0.4) is 0 Å². The Morgan fingerprint density at radius 2 is 1.79 bits per heavy atom. The lowest BCUT2D eigenvalue weighted by molar-refractivity contribution is -0.134. The third-order valence-electron chi connectivity index (χ3n) is 6.33. The van der Waals surface area contributed by atoms with Crippen LogP contribution in [0.15, 0.2) is 48.5 Å². The fourth-order valence-electron chi connectivity index (χ4n) is 4.61. The Morgan fingerprint density at radius 1 is 1.07 bits per heavy atom. The number of amides is 1. The van der Waals surface area contributed by atoms with Gasteiger partial charge < -0.3 is 15.4 Å². The first-order valence-electron chi connectivity index (χ1n) is 9.48. The number of hydrogen-bond acceptors (Lipinski definition) is 4. The molecule has 2 fully saturated rings. The molecule has 2 N–H and O–H groups in total. The second-order valence-electron chi connectivity index (χ2n) is 7.93. The van der Waals surface area contributed by atoms with Crippen molar-refractivity contribution in [3.05, 3.63) is 70.8 Å². The predicted octanol–water partition coefficient (Wildman–Crippen LogP) is 2.65. The van der Waals surface area contributed by atoms with Crippen molar-refractivity contribution in [3.63, 3.8) is 0 Å². The van der Waals surface area contributed by atoms with Crippen LogP contribution < -0.4 is 5.73 Å². The number of nitrogens with two attached hydrogens (primary N) is 1. The Labute approximate surface area is 168 Å². The zero-order valence-corrected chi connectivity index (χ0v) is 16.1. The Bertz CT molecular complexity index is 1010. The van der Waals surface area contributed by atoms with Crippen molar-refractivity contribution < 1.29 is 14.3 Å². The van der Waals surface area contributed by atoms with E-state index in [1.807, 2.05) is 47.4 Å². The minimum absolute atomic E-state index is 0.118. The molecule has 142 valence electrons. The molecule has 1 aliphatic carbocycles. The van der Waals surface area contributed by atoms with E-state index in [1.54, 1.807) is 6.07 Å². The van der Waals surface area contributed by atoms with E-state index >= 15 is 0 Å². The lowest BCUT2D eigenvalue weighted by Crippen LogP contribution is -2.40. The van der Waals surface area contributed by atoms with Gasteiger partial charge in [0.05, 0.1) is 17.5 Å². The van der Waals surface area contributed by atoms with Crippen LogP contribution in [0.1, 0.15) is 46.3 Å². The molecule has 5 rings (SSSR count). The van der Waals surface area contributed by atoms with Crippen LogP contribution in [0.25, 0.3) is 0 Å². The first-order chi connectivity index (χ1) is 13.5. The summed E-state index contributed by atoms with van der Waals surface area (Å²) in [5.41, 5.74) is 7.84. The van der Waals surface area contributed by atoms with Gasteiger partial charge in [0.2, 0.25) is 5.91 Å². The van der Waals surface area contributed by atoms with E-state index in [0.717, 1.165) is 29.5 Å². The average Bonchev–Trinajstić information content (AvgIpc) is 3.34. The van der Waals surface area contributed by atoms with Gasteiger partial charge in [-0.1, -0.05) is 54.7 Å². The number of hydrogen-bond donors (Lipinski definition) is 1. The van der Waals surface area contributed by atoms with Crippen LogP contribution in [0.2, 0.25) is 0 Å². The van der Waals surface area contributed by atoms with Crippen LogP contribution in [-0.4, -0.2) is 34.9 Å². The Hall–Kier alpha value is -2.73. The maximum absolute atomic E-state index is 13.4. The van der Waals surface area contributed by atoms with Gasteiger partial charge in [-0.2, -0.15) is 0 Å². The molecular formula is C22H20N2O3S. The lowest BCUT2D eigenvalue weighted by atomic mass is 9.91. The van der Waals surface area contributed by atoms with Crippen LogP contribution >= 0.6 is 12.2 Å². The minimum Gasteiger partial charge on any atom is -0.449 e. The standard InChI is InChI=1S/C22H20N2O3S/c23-18(28)14-5-7-15(8-6-14)21(9-10-21)20(26)24-12-11-22(13-24)17-4-2-1-3-16(17)19(25)27-22/h1-8H,9-13H2,(H2,23,28)/t22-/m0/s1. The zero-order valence-electron chi connectivity index (χ0n) is 15.3. The molecule has 2 aliphatic heterocycles.